The van der Waals surface area contributed by atoms with Crippen molar-refractivity contribution in [3.05, 3.63) is 120 Å². The molecule has 27 heavy (non-hydrogen) atoms. The van der Waals surface area contributed by atoms with E-state index in [9.17, 15) is 0 Å². The normalized spacial score (nSPS) is 11.3. The van der Waals surface area contributed by atoms with E-state index in [1.807, 2.05) is 12.2 Å². The molecule has 0 radical (unpaired) electrons. The standard InChI is InChI=1S/C27H26/c1-6-22(7-2)27(25-15-11-8-12-19(25)3)17-21(5)26-18-24-14-10-9-13-23(24)16-20(26)4/h6-18H,1-2H2,3-5H3/b21-17+. The molecule has 0 atom stereocenters. The molecule has 0 aliphatic rings. The molecular formula is C27H26. The number of aryl methyl sites for hydroxylation is 2. The Hall–Kier alpha value is -3.12. The molecule has 0 aromatic heterocycles. The molecule has 0 fully saturated rings. The summed E-state index contributed by atoms with van der Waals surface area (Å²) < 4.78 is 0. The average Bonchev–Trinajstić information content (AvgIpc) is 2.68. The number of benzene rings is 3. The topological polar surface area (TPSA) is 0 Å². The van der Waals surface area contributed by atoms with Crippen LogP contribution in [0.3, 0.4) is 0 Å². The summed E-state index contributed by atoms with van der Waals surface area (Å²) in [5, 5.41) is 2.54. The molecule has 0 saturated carbocycles. The lowest BCUT2D eigenvalue weighted by molar-refractivity contribution is 1.41. The van der Waals surface area contributed by atoms with Gasteiger partial charge >= 0.3 is 0 Å². The molecule has 0 saturated heterocycles. The van der Waals surface area contributed by atoms with Crippen LogP contribution in [0.1, 0.15) is 29.2 Å². The van der Waals surface area contributed by atoms with Gasteiger partial charge in [0.05, 0.1) is 0 Å². The van der Waals surface area contributed by atoms with Gasteiger partial charge in [-0.15, -0.1) is 0 Å². The Balaban J connectivity index is 2.20. The predicted octanol–water partition coefficient (Wildman–Crippen LogP) is 7.69. The highest BCUT2D eigenvalue weighted by Gasteiger charge is 2.09. The maximum Gasteiger partial charge on any atom is -0.0106 e. The summed E-state index contributed by atoms with van der Waals surface area (Å²) in [5.41, 5.74) is 8.44. The quantitative estimate of drug-likeness (QED) is 0.414. The van der Waals surface area contributed by atoms with Gasteiger partial charge in [-0.2, -0.15) is 0 Å². The summed E-state index contributed by atoms with van der Waals surface area (Å²) in [4.78, 5) is 0. The summed E-state index contributed by atoms with van der Waals surface area (Å²) in [7, 11) is 0. The van der Waals surface area contributed by atoms with Crippen LogP contribution in [0, 0.1) is 13.8 Å². The second kappa shape index (κ2) is 8.05. The van der Waals surface area contributed by atoms with Gasteiger partial charge in [0.1, 0.15) is 0 Å². The van der Waals surface area contributed by atoms with E-state index in [0.29, 0.717) is 0 Å². The summed E-state index contributed by atoms with van der Waals surface area (Å²) in [6.45, 7) is 14.5. The maximum absolute atomic E-state index is 3.99. The molecule has 0 unspecified atom stereocenters. The number of rotatable bonds is 5. The van der Waals surface area contributed by atoms with E-state index in [2.05, 4.69) is 101 Å². The van der Waals surface area contributed by atoms with Gasteiger partial charge in [0.25, 0.3) is 0 Å². The molecular weight excluding hydrogens is 324 g/mol. The third kappa shape index (κ3) is 3.85. The SMILES string of the molecule is C=CC(C=C)=C(/C=C(\C)c1cc2ccccc2cc1C)c1ccccc1C. The summed E-state index contributed by atoms with van der Waals surface area (Å²) >= 11 is 0. The van der Waals surface area contributed by atoms with Crippen LogP contribution in [0.5, 0.6) is 0 Å². The first-order chi connectivity index (χ1) is 13.0. The van der Waals surface area contributed by atoms with Crippen LogP contribution < -0.4 is 0 Å². The largest absolute Gasteiger partial charge is 0.0984 e. The number of hydrogen-bond donors (Lipinski definition) is 0. The van der Waals surface area contributed by atoms with Gasteiger partial charge in [0.15, 0.2) is 0 Å². The van der Waals surface area contributed by atoms with Crippen LogP contribution in [0.2, 0.25) is 0 Å². The van der Waals surface area contributed by atoms with Crippen molar-refractivity contribution in [2.45, 2.75) is 20.8 Å². The van der Waals surface area contributed by atoms with Crippen molar-refractivity contribution in [3.63, 3.8) is 0 Å². The minimum atomic E-state index is 1.04. The van der Waals surface area contributed by atoms with Crippen molar-refractivity contribution in [3.8, 4) is 0 Å². The highest BCUT2D eigenvalue weighted by molar-refractivity contribution is 5.92. The van der Waals surface area contributed by atoms with Gasteiger partial charge < -0.3 is 0 Å². The Labute approximate surface area is 162 Å². The van der Waals surface area contributed by atoms with Gasteiger partial charge in [-0.3, -0.25) is 0 Å². The molecule has 0 spiro atoms. The molecule has 0 bridgehead atoms. The zero-order valence-electron chi connectivity index (χ0n) is 16.4. The van der Waals surface area contributed by atoms with Crippen molar-refractivity contribution in [1.82, 2.24) is 0 Å². The zero-order valence-corrected chi connectivity index (χ0v) is 16.4. The number of fused-ring (bicyclic) bond motifs is 1. The Morgan fingerprint density at radius 3 is 1.96 bits per heavy atom. The van der Waals surface area contributed by atoms with Crippen LogP contribution in [0.25, 0.3) is 21.9 Å². The van der Waals surface area contributed by atoms with Crippen molar-refractivity contribution in [1.29, 1.82) is 0 Å². The first-order valence-corrected chi connectivity index (χ1v) is 9.28. The Kier molecular flexibility index (Phi) is 5.57. The molecule has 3 aromatic rings. The Bertz CT molecular complexity index is 1060. The second-order valence-electron chi connectivity index (χ2n) is 6.93. The van der Waals surface area contributed by atoms with Crippen molar-refractivity contribution in [2.75, 3.05) is 0 Å². The van der Waals surface area contributed by atoms with E-state index in [1.54, 1.807) is 0 Å². The van der Waals surface area contributed by atoms with Gasteiger partial charge in [0.2, 0.25) is 0 Å². The van der Waals surface area contributed by atoms with Crippen LogP contribution in [0.4, 0.5) is 0 Å². The van der Waals surface area contributed by atoms with Crippen LogP contribution in [-0.4, -0.2) is 0 Å². The van der Waals surface area contributed by atoms with Gasteiger partial charge in [-0.05, 0) is 76.6 Å². The molecule has 3 aromatic carbocycles. The van der Waals surface area contributed by atoms with E-state index in [-0.39, 0.29) is 0 Å². The lowest BCUT2D eigenvalue weighted by atomic mass is 9.91. The van der Waals surface area contributed by atoms with Gasteiger partial charge in [-0.25, -0.2) is 0 Å². The lowest BCUT2D eigenvalue weighted by Gasteiger charge is -2.14. The number of allylic oxidation sites excluding steroid dienone is 6. The fourth-order valence-electron chi connectivity index (χ4n) is 3.57. The lowest BCUT2D eigenvalue weighted by Crippen LogP contribution is -1.93. The van der Waals surface area contributed by atoms with Crippen LogP contribution >= 0.6 is 0 Å². The van der Waals surface area contributed by atoms with E-state index >= 15 is 0 Å². The predicted molar refractivity (Wildman–Crippen MR) is 121 cm³/mol. The third-order valence-corrected chi connectivity index (χ3v) is 5.06. The minimum absolute atomic E-state index is 1.04. The molecule has 0 aliphatic carbocycles. The van der Waals surface area contributed by atoms with Crippen molar-refractivity contribution in [2.24, 2.45) is 0 Å². The Morgan fingerprint density at radius 1 is 0.741 bits per heavy atom. The molecule has 0 nitrogen and oxygen atoms in total. The number of hydrogen-bond acceptors (Lipinski definition) is 0. The van der Waals surface area contributed by atoms with Crippen LogP contribution in [0.15, 0.2) is 97.6 Å². The third-order valence-electron chi connectivity index (χ3n) is 5.06. The molecule has 134 valence electrons. The fraction of sp³-hybridized carbons (Fsp3) is 0.111. The van der Waals surface area contributed by atoms with E-state index in [4.69, 9.17) is 0 Å². The highest BCUT2D eigenvalue weighted by atomic mass is 14.1. The minimum Gasteiger partial charge on any atom is -0.0984 e. The second-order valence-corrected chi connectivity index (χ2v) is 6.93. The summed E-state index contributed by atoms with van der Waals surface area (Å²) in [5.74, 6) is 0. The average molecular weight is 351 g/mol. The fourth-order valence-corrected chi connectivity index (χ4v) is 3.57. The zero-order chi connectivity index (χ0) is 19.4. The van der Waals surface area contributed by atoms with Gasteiger partial charge in [0, 0.05) is 0 Å². The Morgan fingerprint density at radius 2 is 1.33 bits per heavy atom. The maximum atomic E-state index is 3.99. The monoisotopic (exact) mass is 350 g/mol. The van der Waals surface area contributed by atoms with E-state index < -0.39 is 0 Å². The first kappa shape index (κ1) is 18.7. The molecule has 3 rings (SSSR count). The summed E-state index contributed by atoms with van der Waals surface area (Å²) in [6, 6.07) is 21.5. The molecule has 0 heteroatoms. The molecule has 0 heterocycles. The van der Waals surface area contributed by atoms with Crippen molar-refractivity contribution >= 4 is 21.9 Å². The molecule has 0 N–H and O–H groups in total. The van der Waals surface area contributed by atoms with Crippen molar-refractivity contribution < 1.29 is 0 Å². The molecule has 0 amide bonds. The smallest absolute Gasteiger partial charge is 0.0106 e. The van der Waals surface area contributed by atoms with E-state index in [1.165, 1.54) is 38.6 Å². The van der Waals surface area contributed by atoms with Crippen LogP contribution in [-0.2, 0) is 0 Å². The van der Waals surface area contributed by atoms with E-state index in [0.717, 1.165) is 11.1 Å². The summed E-state index contributed by atoms with van der Waals surface area (Å²) in [6.07, 6.45) is 6.02. The van der Waals surface area contributed by atoms with Gasteiger partial charge in [-0.1, -0.05) is 86.0 Å². The highest BCUT2D eigenvalue weighted by Crippen LogP contribution is 2.31. The molecule has 0 aliphatic heterocycles. The first-order valence-electron chi connectivity index (χ1n) is 9.28.